The van der Waals surface area contributed by atoms with Gasteiger partial charge in [0, 0.05) is 30.6 Å². The Kier molecular flexibility index (Phi) is 5.25. The van der Waals surface area contributed by atoms with Crippen LogP contribution in [-0.4, -0.2) is 50.9 Å². The van der Waals surface area contributed by atoms with Crippen molar-refractivity contribution < 1.29 is 4.74 Å². The van der Waals surface area contributed by atoms with Crippen LogP contribution in [0, 0.1) is 0 Å². The molecule has 0 saturated heterocycles. The van der Waals surface area contributed by atoms with Crippen molar-refractivity contribution in [3.63, 3.8) is 0 Å². The second-order valence-corrected chi connectivity index (χ2v) is 8.72. The summed E-state index contributed by atoms with van der Waals surface area (Å²) in [5.41, 5.74) is 2.63. The van der Waals surface area contributed by atoms with Gasteiger partial charge in [-0.25, -0.2) is 4.98 Å². The maximum absolute atomic E-state index is 6.09. The van der Waals surface area contributed by atoms with E-state index in [9.17, 15) is 0 Å². The van der Waals surface area contributed by atoms with E-state index in [4.69, 9.17) is 9.84 Å². The lowest BCUT2D eigenvalue weighted by Crippen LogP contribution is -2.31. The number of benzene rings is 1. The van der Waals surface area contributed by atoms with Crippen LogP contribution in [0.2, 0.25) is 0 Å². The molecule has 1 fully saturated rings. The van der Waals surface area contributed by atoms with Gasteiger partial charge in [-0.05, 0) is 63.9 Å². The molecular formula is C24H29N5O. The summed E-state index contributed by atoms with van der Waals surface area (Å²) in [6.45, 7) is 0. The fourth-order valence-electron chi connectivity index (χ4n) is 4.82. The minimum absolute atomic E-state index is 0.230. The van der Waals surface area contributed by atoms with Crippen LogP contribution in [0.3, 0.4) is 0 Å². The average molecular weight is 404 g/mol. The maximum atomic E-state index is 6.09. The van der Waals surface area contributed by atoms with Gasteiger partial charge in [-0.2, -0.15) is 0 Å². The van der Waals surface area contributed by atoms with Gasteiger partial charge in [0.15, 0.2) is 0 Å². The molecule has 30 heavy (non-hydrogen) atoms. The van der Waals surface area contributed by atoms with Crippen molar-refractivity contribution in [2.75, 3.05) is 14.1 Å². The summed E-state index contributed by atoms with van der Waals surface area (Å²) >= 11 is 0. The van der Waals surface area contributed by atoms with Gasteiger partial charge in [-0.15, -0.1) is 10.2 Å². The number of ether oxygens (including phenoxy) is 1. The Morgan fingerprint density at radius 2 is 1.73 bits per heavy atom. The number of aromatic nitrogens is 4. The van der Waals surface area contributed by atoms with Crippen LogP contribution in [0.4, 0.5) is 0 Å². The fraction of sp³-hybridized carbons (Fsp3) is 0.458. The van der Waals surface area contributed by atoms with Crippen LogP contribution in [0.5, 0.6) is 5.88 Å². The highest BCUT2D eigenvalue weighted by Gasteiger charge is 2.31. The lowest BCUT2D eigenvalue weighted by molar-refractivity contribution is 0.139. The molecule has 3 heterocycles. The van der Waals surface area contributed by atoms with Crippen LogP contribution in [0.15, 0.2) is 48.7 Å². The zero-order valence-electron chi connectivity index (χ0n) is 17.7. The molecule has 5 rings (SSSR count). The summed E-state index contributed by atoms with van der Waals surface area (Å²) < 4.78 is 8.44. The zero-order valence-corrected chi connectivity index (χ0v) is 17.7. The van der Waals surface area contributed by atoms with Crippen molar-refractivity contribution in [3.8, 4) is 11.6 Å². The summed E-state index contributed by atoms with van der Waals surface area (Å²) in [4.78, 5) is 6.61. The summed E-state index contributed by atoms with van der Waals surface area (Å²) in [5.74, 6) is 3.34. The van der Waals surface area contributed by atoms with E-state index in [2.05, 4.69) is 57.9 Å². The van der Waals surface area contributed by atoms with E-state index in [0.29, 0.717) is 12.0 Å². The third kappa shape index (κ3) is 3.72. The molecule has 0 radical (unpaired) electrons. The number of para-hydroxylation sites is 1. The first kappa shape index (κ1) is 19.2. The molecule has 3 aromatic rings. The first-order chi connectivity index (χ1) is 14.7. The minimum atomic E-state index is 0.230. The van der Waals surface area contributed by atoms with Gasteiger partial charge in [0.05, 0.1) is 5.69 Å². The van der Waals surface area contributed by atoms with Crippen LogP contribution >= 0.6 is 0 Å². The maximum Gasteiger partial charge on any atom is 0.213 e. The highest BCUT2D eigenvalue weighted by molar-refractivity contribution is 5.45. The van der Waals surface area contributed by atoms with Crippen molar-refractivity contribution in [2.24, 2.45) is 0 Å². The molecule has 0 spiro atoms. The number of hydrogen-bond donors (Lipinski definition) is 0. The van der Waals surface area contributed by atoms with E-state index >= 15 is 0 Å². The van der Waals surface area contributed by atoms with Gasteiger partial charge in [-0.1, -0.05) is 24.3 Å². The largest absolute Gasteiger partial charge is 0.474 e. The Labute approximate surface area is 177 Å². The van der Waals surface area contributed by atoms with Crippen molar-refractivity contribution in [2.45, 2.75) is 56.6 Å². The molecule has 1 aliphatic heterocycles. The smallest absolute Gasteiger partial charge is 0.213 e. The van der Waals surface area contributed by atoms with Gasteiger partial charge in [0.2, 0.25) is 5.88 Å². The van der Waals surface area contributed by atoms with Gasteiger partial charge in [0.25, 0.3) is 0 Å². The Morgan fingerprint density at radius 1 is 0.933 bits per heavy atom. The number of nitrogens with zero attached hydrogens (tertiary/aromatic N) is 5. The van der Waals surface area contributed by atoms with Gasteiger partial charge in [0.1, 0.15) is 17.8 Å². The molecule has 0 N–H and O–H groups in total. The Hall–Kier alpha value is -2.73. The fourth-order valence-corrected chi connectivity index (χ4v) is 4.82. The molecule has 0 amide bonds. The zero-order chi connectivity index (χ0) is 20.5. The molecule has 1 saturated carbocycles. The predicted octanol–water partition coefficient (Wildman–Crippen LogP) is 3.80. The van der Waals surface area contributed by atoms with Gasteiger partial charge >= 0.3 is 0 Å². The SMILES string of the molecule is CN(C)C1Cc2ccccc2-n2c(nnc2C2CCC(Oc3ccccn3)CC2)C1. The van der Waals surface area contributed by atoms with E-state index in [1.54, 1.807) is 6.20 Å². The highest BCUT2D eigenvalue weighted by Crippen LogP contribution is 2.36. The number of hydrogen-bond acceptors (Lipinski definition) is 5. The Bertz CT molecular complexity index is 992. The molecule has 0 bridgehead atoms. The van der Waals surface area contributed by atoms with Crippen LogP contribution in [-0.2, 0) is 12.8 Å². The lowest BCUT2D eigenvalue weighted by atomic mass is 9.86. The number of pyridine rings is 1. The van der Waals surface area contributed by atoms with Crippen LogP contribution in [0.1, 0.15) is 48.8 Å². The number of rotatable bonds is 4. The summed E-state index contributed by atoms with van der Waals surface area (Å²) in [5, 5.41) is 9.36. The molecule has 6 heteroatoms. The minimum Gasteiger partial charge on any atom is -0.474 e. The Balaban J connectivity index is 1.38. The lowest BCUT2D eigenvalue weighted by Gasteiger charge is -2.28. The summed E-state index contributed by atoms with van der Waals surface area (Å²) in [6.07, 6.45) is 8.14. The molecular weight excluding hydrogens is 374 g/mol. The van der Waals surface area contributed by atoms with Crippen LogP contribution in [0.25, 0.3) is 5.69 Å². The molecule has 1 atom stereocenters. The number of likely N-dealkylation sites (N-methyl/N-ethyl adjacent to an activating group) is 1. The molecule has 1 aromatic carbocycles. The van der Waals surface area contributed by atoms with Crippen molar-refractivity contribution in [3.05, 3.63) is 65.9 Å². The summed E-state index contributed by atoms with van der Waals surface area (Å²) in [6, 6.07) is 15.0. The topological polar surface area (TPSA) is 56.1 Å². The van der Waals surface area contributed by atoms with E-state index in [0.717, 1.165) is 56.1 Å². The van der Waals surface area contributed by atoms with Crippen LogP contribution < -0.4 is 4.74 Å². The van der Waals surface area contributed by atoms with E-state index in [-0.39, 0.29) is 6.10 Å². The van der Waals surface area contributed by atoms with Crippen molar-refractivity contribution in [1.82, 2.24) is 24.6 Å². The monoisotopic (exact) mass is 403 g/mol. The van der Waals surface area contributed by atoms with E-state index in [1.807, 2.05) is 18.2 Å². The van der Waals surface area contributed by atoms with Gasteiger partial charge < -0.3 is 9.64 Å². The third-order valence-corrected chi connectivity index (χ3v) is 6.56. The summed E-state index contributed by atoms with van der Waals surface area (Å²) in [7, 11) is 4.31. The standard InChI is InChI=1S/C24H29N5O/c1-28(2)19-15-18-7-3-4-8-21(18)29-22(16-19)26-27-24(29)17-10-12-20(13-11-17)30-23-9-5-6-14-25-23/h3-9,14,17,19-20H,10-13,15-16H2,1-2H3. The normalized spacial score (nSPS) is 23.5. The molecule has 1 aliphatic carbocycles. The van der Waals surface area contributed by atoms with E-state index < -0.39 is 0 Å². The van der Waals surface area contributed by atoms with Crippen molar-refractivity contribution in [1.29, 1.82) is 0 Å². The highest BCUT2D eigenvalue weighted by atomic mass is 16.5. The van der Waals surface area contributed by atoms with Gasteiger partial charge in [-0.3, -0.25) is 4.57 Å². The Morgan fingerprint density at radius 3 is 2.50 bits per heavy atom. The van der Waals surface area contributed by atoms with E-state index in [1.165, 1.54) is 11.3 Å². The molecule has 156 valence electrons. The molecule has 1 unspecified atom stereocenters. The second-order valence-electron chi connectivity index (χ2n) is 8.72. The molecule has 6 nitrogen and oxygen atoms in total. The second kappa shape index (κ2) is 8.19. The van der Waals surface area contributed by atoms with Crippen molar-refractivity contribution >= 4 is 0 Å². The molecule has 2 aliphatic rings. The molecule has 2 aromatic heterocycles. The first-order valence-electron chi connectivity index (χ1n) is 11.0. The number of fused-ring (bicyclic) bond motifs is 3. The predicted molar refractivity (Wildman–Crippen MR) is 116 cm³/mol. The third-order valence-electron chi connectivity index (χ3n) is 6.56. The quantitative estimate of drug-likeness (QED) is 0.663. The first-order valence-corrected chi connectivity index (χ1v) is 11.0. The average Bonchev–Trinajstić information content (AvgIpc) is 3.10.